The van der Waals surface area contributed by atoms with E-state index in [4.69, 9.17) is 0 Å². The molecule has 1 amide bonds. The van der Waals surface area contributed by atoms with Crippen LogP contribution in [0.1, 0.15) is 33.1 Å². The molecule has 0 aromatic carbocycles. The second-order valence-electron chi connectivity index (χ2n) is 5.00. The lowest BCUT2D eigenvalue weighted by molar-refractivity contribution is -0.134. The van der Waals surface area contributed by atoms with Gasteiger partial charge in [-0.2, -0.15) is 0 Å². The molecule has 0 bridgehead atoms. The number of rotatable bonds is 6. The highest BCUT2D eigenvalue weighted by atomic mass is 16.3. The molecule has 1 fully saturated rings. The zero-order valence-corrected chi connectivity index (χ0v) is 10.4. The van der Waals surface area contributed by atoms with Crippen molar-refractivity contribution in [1.82, 2.24) is 10.2 Å². The molecule has 2 N–H and O–H groups in total. The molecule has 1 aliphatic heterocycles. The lowest BCUT2D eigenvalue weighted by Crippen LogP contribution is -2.43. The summed E-state index contributed by atoms with van der Waals surface area (Å²) in [5, 5.41) is 13.0. The summed E-state index contributed by atoms with van der Waals surface area (Å²) in [6.45, 7) is 7.03. The second kappa shape index (κ2) is 6.86. The van der Waals surface area contributed by atoms with Gasteiger partial charge in [0, 0.05) is 26.1 Å². The van der Waals surface area contributed by atoms with Crippen LogP contribution in [0.2, 0.25) is 0 Å². The highest BCUT2D eigenvalue weighted by Crippen LogP contribution is 2.10. The van der Waals surface area contributed by atoms with Gasteiger partial charge in [0.25, 0.3) is 0 Å². The SMILES string of the molecule is CC(C)CNCC(O)CN1CCCCC1=O. The molecule has 4 heteroatoms. The van der Waals surface area contributed by atoms with Crippen LogP contribution in [0, 0.1) is 5.92 Å². The van der Waals surface area contributed by atoms with E-state index < -0.39 is 6.10 Å². The van der Waals surface area contributed by atoms with E-state index in [1.54, 1.807) is 4.90 Å². The van der Waals surface area contributed by atoms with Gasteiger partial charge in [-0.3, -0.25) is 4.79 Å². The zero-order chi connectivity index (χ0) is 12.0. The van der Waals surface area contributed by atoms with E-state index in [2.05, 4.69) is 19.2 Å². The van der Waals surface area contributed by atoms with Crippen molar-refractivity contribution in [2.75, 3.05) is 26.2 Å². The Morgan fingerprint density at radius 2 is 2.12 bits per heavy atom. The van der Waals surface area contributed by atoms with E-state index in [0.29, 0.717) is 25.4 Å². The number of β-amino-alcohol motifs (C(OH)–C–C–N with tert-alkyl or cyclic N) is 1. The van der Waals surface area contributed by atoms with Gasteiger partial charge in [0.2, 0.25) is 5.91 Å². The molecule has 0 saturated carbocycles. The highest BCUT2D eigenvalue weighted by molar-refractivity contribution is 5.76. The number of hydrogen-bond acceptors (Lipinski definition) is 3. The molecule has 16 heavy (non-hydrogen) atoms. The number of amides is 1. The first kappa shape index (κ1) is 13.5. The largest absolute Gasteiger partial charge is 0.390 e. The van der Waals surface area contributed by atoms with Crippen molar-refractivity contribution in [2.24, 2.45) is 5.92 Å². The summed E-state index contributed by atoms with van der Waals surface area (Å²) < 4.78 is 0. The van der Waals surface area contributed by atoms with Crippen LogP contribution in [0.3, 0.4) is 0 Å². The molecule has 94 valence electrons. The minimum Gasteiger partial charge on any atom is -0.390 e. The summed E-state index contributed by atoms with van der Waals surface area (Å²) in [6, 6.07) is 0. The first-order chi connectivity index (χ1) is 7.59. The van der Waals surface area contributed by atoms with Gasteiger partial charge in [0.1, 0.15) is 0 Å². The van der Waals surface area contributed by atoms with Gasteiger partial charge in [-0.1, -0.05) is 13.8 Å². The number of carbonyl (C=O) groups is 1. The van der Waals surface area contributed by atoms with Crippen molar-refractivity contribution < 1.29 is 9.90 Å². The maximum Gasteiger partial charge on any atom is 0.222 e. The van der Waals surface area contributed by atoms with Crippen LogP contribution in [0.25, 0.3) is 0 Å². The van der Waals surface area contributed by atoms with E-state index in [0.717, 1.165) is 25.9 Å². The van der Waals surface area contributed by atoms with Gasteiger partial charge in [0.05, 0.1) is 6.10 Å². The van der Waals surface area contributed by atoms with Gasteiger partial charge in [-0.05, 0) is 25.3 Å². The Morgan fingerprint density at radius 1 is 1.38 bits per heavy atom. The fourth-order valence-electron chi connectivity index (χ4n) is 1.91. The summed E-state index contributed by atoms with van der Waals surface area (Å²) in [6.07, 6.45) is 2.27. The van der Waals surface area contributed by atoms with Gasteiger partial charge in [-0.25, -0.2) is 0 Å². The quantitative estimate of drug-likeness (QED) is 0.700. The smallest absolute Gasteiger partial charge is 0.222 e. The molecule has 0 aromatic rings. The number of aliphatic hydroxyl groups excluding tert-OH is 1. The summed E-state index contributed by atoms with van der Waals surface area (Å²) >= 11 is 0. The molecule has 0 aromatic heterocycles. The molecule has 1 saturated heterocycles. The number of nitrogens with one attached hydrogen (secondary N) is 1. The van der Waals surface area contributed by atoms with Crippen molar-refractivity contribution in [1.29, 1.82) is 0 Å². The summed E-state index contributed by atoms with van der Waals surface area (Å²) in [4.78, 5) is 13.3. The van der Waals surface area contributed by atoms with Crippen LogP contribution in [-0.2, 0) is 4.79 Å². The second-order valence-corrected chi connectivity index (χ2v) is 5.00. The average Bonchev–Trinajstić information content (AvgIpc) is 2.21. The number of piperidine rings is 1. The monoisotopic (exact) mass is 228 g/mol. The number of carbonyl (C=O) groups excluding carboxylic acids is 1. The van der Waals surface area contributed by atoms with Crippen LogP contribution < -0.4 is 5.32 Å². The van der Waals surface area contributed by atoms with Crippen molar-refractivity contribution in [3.63, 3.8) is 0 Å². The number of hydrogen-bond donors (Lipinski definition) is 2. The minimum absolute atomic E-state index is 0.189. The predicted molar refractivity (Wildman–Crippen MR) is 64.1 cm³/mol. The van der Waals surface area contributed by atoms with Crippen molar-refractivity contribution >= 4 is 5.91 Å². The fourth-order valence-corrected chi connectivity index (χ4v) is 1.91. The standard InChI is InChI=1S/C12H24N2O2/c1-10(2)7-13-8-11(15)9-14-6-4-3-5-12(14)16/h10-11,13,15H,3-9H2,1-2H3. The van der Waals surface area contributed by atoms with Gasteiger partial charge < -0.3 is 15.3 Å². The Kier molecular flexibility index (Phi) is 5.77. The minimum atomic E-state index is -0.444. The average molecular weight is 228 g/mol. The third kappa shape index (κ3) is 4.94. The van der Waals surface area contributed by atoms with E-state index in [1.165, 1.54) is 0 Å². The summed E-state index contributed by atoms with van der Waals surface area (Å²) in [7, 11) is 0. The maximum absolute atomic E-state index is 11.5. The third-order valence-corrected chi connectivity index (χ3v) is 2.79. The Labute approximate surface area is 98.0 Å². The molecule has 1 atom stereocenters. The third-order valence-electron chi connectivity index (χ3n) is 2.79. The number of likely N-dealkylation sites (tertiary alicyclic amines) is 1. The molecule has 1 unspecified atom stereocenters. The molecule has 0 aliphatic carbocycles. The summed E-state index contributed by atoms with van der Waals surface area (Å²) in [5.41, 5.74) is 0. The van der Waals surface area contributed by atoms with Crippen molar-refractivity contribution in [3.05, 3.63) is 0 Å². The molecule has 1 heterocycles. The lowest BCUT2D eigenvalue weighted by atomic mass is 10.1. The Balaban J connectivity index is 2.17. The maximum atomic E-state index is 11.5. The Hall–Kier alpha value is -0.610. The van der Waals surface area contributed by atoms with Crippen molar-refractivity contribution in [3.8, 4) is 0 Å². The number of nitrogens with zero attached hydrogens (tertiary/aromatic N) is 1. The van der Waals surface area contributed by atoms with Crippen LogP contribution in [0.5, 0.6) is 0 Å². The lowest BCUT2D eigenvalue weighted by Gasteiger charge is -2.28. The highest BCUT2D eigenvalue weighted by Gasteiger charge is 2.20. The Bertz CT molecular complexity index is 219. The molecular weight excluding hydrogens is 204 g/mol. The van der Waals surface area contributed by atoms with E-state index >= 15 is 0 Å². The molecule has 1 aliphatic rings. The van der Waals surface area contributed by atoms with Gasteiger partial charge in [0.15, 0.2) is 0 Å². The van der Waals surface area contributed by atoms with Crippen LogP contribution in [-0.4, -0.2) is 48.2 Å². The van der Waals surface area contributed by atoms with Crippen LogP contribution >= 0.6 is 0 Å². The molecule has 0 spiro atoms. The van der Waals surface area contributed by atoms with Crippen molar-refractivity contribution in [2.45, 2.75) is 39.2 Å². The first-order valence-corrected chi connectivity index (χ1v) is 6.26. The fraction of sp³-hybridized carbons (Fsp3) is 0.917. The predicted octanol–water partition coefficient (Wildman–Crippen LogP) is 0.605. The topological polar surface area (TPSA) is 52.6 Å². The molecule has 0 radical (unpaired) electrons. The number of aliphatic hydroxyl groups is 1. The van der Waals surface area contributed by atoms with E-state index in [-0.39, 0.29) is 5.91 Å². The normalized spacial score (nSPS) is 19.2. The Morgan fingerprint density at radius 3 is 2.75 bits per heavy atom. The molecule has 4 nitrogen and oxygen atoms in total. The van der Waals surface area contributed by atoms with Gasteiger partial charge >= 0.3 is 0 Å². The van der Waals surface area contributed by atoms with Gasteiger partial charge in [-0.15, -0.1) is 0 Å². The molecular formula is C12H24N2O2. The van der Waals surface area contributed by atoms with E-state index in [9.17, 15) is 9.90 Å². The van der Waals surface area contributed by atoms with Crippen LogP contribution in [0.4, 0.5) is 0 Å². The molecule has 1 rings (SSSR count). The first-order valence-electron chi connectivity index (χ1n) is 6.26. The zero-order valence-electron chi connectivity index (χ0n) is 10.4. The van der Waals surface area contributed by atoms with Crippen LogP contribution in [0.15, 0.2) is 0 Å². The summed E-state index contributed by atoms with van der Waals surface area (Å²) in [5.74, 6) is 0.776. The van der Waals surface area contributed by atoms with E-state index in [1.807, 2.05) is 0 Å².